The van der Waals surface area contributed by atoms with Crippen molar-refractivity contribution in [2.45, 2.75) is 12.8 Å². The van der Waals surface area contributed by atoms with Crippen molar-refractivity contribution in [3.63, 3.8) is 0 Å². The number of aromatic nitrogens is 1. The lowest BCUT2D eigenvalue weighted by Gasteiger charge is -2.28. The van der Waals surface area contributed by atoms with E-state index < -0.39 is 0 Å². The van der Waals surface area contributed by atoms with E-state index in [1.165, 1.54) is 11.3 Å². The zero-order chi connectivity index (χ0) is 20.2. The predicted octanol–water partition coefficient (Wildman–Crippen LogP) is 5.13. The van der Waals surface area contributed by atoms with Crippen molar-refractivity contribution in [2.75, 3.05) is 31.6 Å². The Morgan fingerprint density at radius 1 is 1.21 bits per heavy atom. The van der Waals surface area contributed by atoms with Gasteiger partial charge in [-0.2, -0.15) is 0 Å². The van der Waals surface area contributed by atoms with Crippen molar-refractivity contribution in [2.24, 2.45) is 0 Å². The molecule has 7 heteroatoms. The minimum absolute atomic E-state index is 0.0157. The van der Waals surface area contributed by atoms with E-state index >= 15 is 0 Å². The molecule has 1 unspecified atom stereocenters. The van der Waals surface area contributed by atoms with E-state index in [-0.39, 0.29) is 11.7 Å². The first-order chi connectivity index (χ1) is 14.1. The summed E-state index contributed by atoms with van der Waals surface area (Å²) >= 11 is 6.99. The molecule has 0 amide bonds. The summed E-state index contributed by atoms with van der Waals surface area (Å²) in [4.78, 5) is 6.76. The van der Waals surface area contributed by atoms with Crippen LogP contribution in [0.1, 0.15) is 24.1 Å². The van der Waals surface area contributed by atoms with Crippen LogP contribution in [0.3, 0.4) is 0 Å². The maximum absolute atomic E-state index is 14.7. The number of morpholine rings is 1. The van der Waals surface area contributed by atoms with E-state index in [2.05, 4.69) is 15.2 Å². The molecule has 4 rings (SSSR count). The molecule has 1 aromatic heterocycles. The molecule has 1 saturated heterocycles. The SMILES string of the molecule is CC(c1ccc(-c2ccccc2)c(F)c1)c1csc(NC(=S)N2CCOCC2)n1. The summed E-state index contributed by atoms with van der Waals surface area (Å²) in [6, 6.07) is 15.0. The van der Waals surface area contributed by atoms with Gasteiger partial charge in [0, 0.05) is 30.0 Å². The second-order valence-corrected chi connectivity index (χ2v) is 8.18. The summed E-state index contributed by atoms with van der Waals surface area (Å²) in [5, 5.41) is 6.63. The maximum Gasteiger partial charge on any atom is 0.189 e. The highest BCUT2D eigenvalue weighted by molar-refractivity contribution is 7.80. The first kappa shape index (κ1) is 19.9. The van der Waals surface area contributed by atoms with Crippen molar-refractivity contribution in [3.05, 3.63) is 71.0 Å². The van der Waals surface area contributed by atoms with Crippen molar-refractivity contribution in [1.29, 1.82) is 0 Å². The van der Waals surface area contributed by atoms with E-state index in [0.717, 1.165) is 35.0 Å². The van der Waals surface area contributed by atoms with Crippen LogP contribution in [0.4, 0.5) is 9.52 Å². The normalized spacial score (nSPS) is 15.2. The van der Waals surface area contributed by atoms with Crippen LogP contribution in [-0.4, -0.2) is 41.3 Å². The monoisotopic (exact) mass is 427 g/mol. The first-order valence-electron chi connectivity index (χ1n) is 9.56. The lowest BCUT2D eigenvalue weighted by Crippen LogP contribution is -2.42. The fourth-order valence-corrected chi connectivity index (χ4v) is 4.45. The third-order valence-corrected chi connectivity index (χ3v) is 6.19. The Balaban J connectivity index is 1.46. The van der Waals surface area contributed by atoms with Gasteiger partial charge in [-0.05, 0) is 29.4 Å². The van der Waals surface area contributed by atoms with Crippen LogP contribution >= 0.6 is 23.6 Å². The van der Waals surface area contributed by atoms with Gasteiger partial charge in [-0.3, -0.25) is 0 Å². The van der Waals surface area contributed by atoms with Gasteiger partial charge in [-0.1, -0.05) is 49.4 Å². The number of hydrogen-bond donors (Lipinski definition) is 1. The number of nitrogens with one attached hydrogen (secondary N) is 1. The van der Waals surface area contributed by atoms with Gasteiger partial charge in [0.2, 0.25) is 0 Å². The standard InChI is InChI=1S/C22H22FN3OS2/c1-15(17-7-8-18(19(23)13-17)16-5-3-2-4-6-16)20-14-29-21(24-20)25-22(28)26-9-11-27-12-10-26/h2-8,13-15H,9-12H2,1H3,(H,24,25,28). The van der Waals surface area contributed by atoms with Gasteiger partial charge in [-0.15, -0.1) is 11.3 Å². The van der Waals surface area contributed by atoms with Gasteiger partial charge in [0.05, 0.1) is 18.9 Å². The number of anilines is 1. The van der Waals surface area contributed by atoms with E-state index in [1.807, 2.05) is 54.8 Å². The highest BCUT2D eigenvalue weighted by Crippen LogP contribution is 2.31. The van der Waals surface area contributed by atoms with Gasteiger partial charge < -0.3 is 15.0 Å². The summed E-state index contributed by atoms with van der Waals surface area (Å²) in [6.45, 7) is 4.98. The summed E-state index contributed by atoms with van der Waals surface area (Å²) < 4.78 is 20.1. The van der Waals surface area contributed by atoms with E-state index in [9.17, 15) is 4.39 Å². The van der Waals surface area contributed by atoms with Crippen LogP contribution in [0, 0.1) is 5.82 Å². The van der Waals surface area contributed by atoms with Gasteiger partial charge in [0.15, 0.2) is 10.2 Å². The average Bonchev–Trinajstić information content (AvgIpc) is 3.23. The zero-order valence-electron chi connectivity index (χ0n) is 16.1. The molecular weight excluding hydrogens is 405 g/mol. The zero-order valence-corrected chi connectivity index (χ0v) is 17.7. The molecule has 0 radical (unpaired) electrons. The molecule has 1 aliphatic rings. The van der Waals surface area contributed by atoms with Crippen LogP contribution in [0.25, 0.3) is 11.1 Å². The van der Waals surface area contributed by atoms with Crippen LogP contribution in [-0.2, 0) is 4.74 Å². The number of thiocarbonyl (C=S) groups is 1. The molecule has 0 spiro atoms. The summed E-state index contributed by atoms with van der Waals surface area (Å²) in [6.07, 6.45) is 0. The number of nitrogens with zero attached hydrogens (tertiary/aromatic N) is 2. The molecule has 1 N–H and O–H groups in total. The Morgan fingerprint density at radius 2 is 1.97 bits per heavy atom. The number of halogens is 1. The summed E-state index contributed by atoms with van der Waals surface area (Å²) in [5.74, 6) is -0.235. The third-order valence-electron chi connectivity index (χ3n) is 5.06. The Morgan fingerprint density at radius 3 is 2.69 bits per heavy atom. The van der Waals surface area contributed by atoms with Gasteiger partial charge in [-0.25, -0.2) is 9.37 Å². The lowest BCUT2D eigenvalue weighted by molar-refractivity contribution is 0.0690. The Hall–Kier alpha value is -2.35. The molecule has 0 saturated carbocycles. The molecule has 1 atom stereocenters. The third kappa shape index (κ3) is 4.63. The Labute approximate surface area is 179 Å². The molecule has 3 aromatic rings. The van der Waals surface area contributed by atoms with E-state index in [1.54, 1.807) is 6.07 Å². The van der Waals surface area contributed by atoms with Gasteiger partial charge in [0.25, 0.3) is 0 Å². The summed E-state index contributed by atoms with van der Waals surface area (Å²) in [5.41, 5.74) is 3.28. The minimum atomic E-state index is -0.220. The molecular formula is C22H22FN3OS2. The van der Waals surface area contributed by atoms with Gasteiger partial charge in [0.1, 0.15) is 5.82 Å². The van der Waals surface area contributed by atoms with E-state index in [0.29, 0.717) is 23.9 Å². The molecule has 0 aliphatic carbocycles. The largest absolute Gasteiger partial charge is 0.378 e. The van der Waals surface area contributed by atoms with Crippen LogP contribution in [0.2, 0.25) is 0 Å². The number of hydrogen-bond acceptors (Lipinski definition) is 4. The second kappa shape index (κ2) is 8.98. The molecule has 2 heterocycles. The van der Waals surface area contributed by atoms with Crippen LogP contribution in [0.5, 0.6) is 0 Å². The van der Waals surface area contributed by atoms with Crippen LogP contribution < -0.4 is 5.32 Å². The fraction of sp³-hybridized carbons (Fsp3) is 0.273. The van der Waals surface area contributed by atoms with Crippen LogP contribution in [0.15, 0.2) is 53.9 Å². The first-order valence-corrected chi connectivity index (χ1v) is 10.8. The molecule has 2 aromatic carbocycles. The molecule has 150 valence electrons. The van der Waals surface area contributed by atoms with Crippen molar-refractivity contribution in [3.8, 4) is 11.1 Å². The van der Waals surface area contributed by atoms with Crippen molar-refractivity contribution in [1.82, 2.24) is 9.88 Å². The van der Waals surface area contributed by atoms with E-state index in [4.69, 9.17) is 17.0 Å². The average molecular weight is 428 g/mol. The number of thiazole rings is 1. The Kier molecular flexibility index (Phi) is 6.18. The number of rotatable bonds is 4. The number of benzene rings is 2. The molecule has 1 aliphatic heterocycles. The molecule has 4 nitrogen and oxygen atoms in total. The van der Waals surface area contributed by atoms with Crippen molar-refractivity contribution >= 4 is 33.8 Å². The second-order valence-electron chi connectivity index (χ2n) is 6.93. The Bertz CT molecular complexity index is 987. The topological polar surface area (TPSA) is 37.4 Å². The molecule has 29 heavy (non-hydrogen) atoms. The molecule has 1 fully saturated rings. The minimum Gasteiger partial charge on any atom is -0.378 e. The highest BCUT2D eigenvalue weighted by atomic mass is 32.1. The van der Waals surface area contributed by atoms with Crippen molar-refractivity contribution < 1.29 is 9.13 Å². The number of ether oxygens (including phenoxy) is 1. The fourth-order valence-electron chi connectivity index (χ4n) is 3.30. The van der Waals surface area contributed by atoms with Gasteiger partial charge >= 0.3 is 0 Å². The smallest absolute Gasteiger partial charge is 0.189 e. The molecule has 0 bridgehead atoms. The summed E-state index contributed by atoms with van der Waals surface area (Å²) in [7, 11) is 0. The maximum atomic E-state index is 14.7. The quantitative estimate of drug-likeness (QED) is 0.584. The lowest BCUT2D eigenvalue weighted by atomic mass is 9.95. The predicted molar refractivity (Wildman–Crippen MR) is 120 cm³/mol. The highest BCUT2D eigenvalue weighted by Gasteiger charge is 2.18.